The maximum absolute atomic E-state index is 12.2. The minimum Gasteiger partial charge on any atom is -0.504 e. The van der Waals surface area contributed by atoms with Gasteiger partial charge in [-0.3, -0.25) is 0 Å². The van der Waals surface area contributed by atoms with Gasteiger partial charge in [0.2, 0.25) is 0 Å². The van der Waals surface area contributed by atoms with Gasteiger partial charge in [0.25, 0.3) is 0 Å². The summed E-state index contributed by atoms with van der Waals surface area (Å²) in [6, 6.07) is 7.91. The van der Waals surface area contributed by atoms with E-state index in [0.717, 1.165) is 0 Å². The minimum atomic E-state index is -0.577. The first kappa shape index (κ1) is 14.2. The van der Waals surface area contributed by atoms with Gasteiger partial charge in [-0.25, -0.2) is 4.79 Å². The first-order chi connectivity index (χ1) is 10.6. The van der Waals surface area contributed by atoms with E-state index in [-0.39, 0.29) is 36.0 Å². The number of ether oxygens (including phenoxy) is 3. The van der Waals surface area contributed by atoms with E-state index in [1.54, 1.807) is 24.3 Å². The van der Waals surface area contributed by atoms with Crippen LogP contribution in [0.15, 0.2) is 30.3 Å². The SMILES string of the molecule is COc1cccc2c1C(=O)OCc1cc(CO)cc(O)c1O2. The van der Waals surface area contributed by atoms with E-state index in [4.69, 9.17) is 14.2 Å². The van der Waals surface area contributed by atoms with Gasteiger partial charge in [0.05, 0.1) is 13.7 Å². The molecule has 3 rings (SSSR count). The van der Waals surface area contributed by atoms with Crippen LogP contribution in [0, 0.1) is 0 Å². The molecule has 0 unspecified atom stereocenters. The standard InChI is InChI=1S/C16H14O6/c1-20-12-3-2-4-13-14(12)16(19)21-8-10-5-9(7-17)6-11(18)15(10)22-13/h2-6,17-18H,7-8H2,1H3. The quantitative estimate of drug-likeness (QED) is 0.828. The van der Waals surface area contributed by atoms with Gasteiger partial charge in [-0.05, 0) is 29.8 Å². The summed E-state index contributed by atoms with van der Waals surface area (Å²) in [5.74, 6) is 0.0502. The van der Waals surface area contributed by atoms with Crippen molar-refractivity contribution in [1.82, 2.24) is 0 Å². The Bertz CT molecular complexity index is 738. The van der Waals surface area contributed by atoms with Crippen molar-refractivity contribution in [2.24, 2.45) is 0 Å². The highest BCUT2D eigenvalue weighted by atomic mass is 16.5. The number of esters is 1. The Balaban J connectivity index is 2.16. The molecule has 0 atom stereocenters. The molecule has 22 heavy (non-hydrogen) atoms. The third kappa shape index (κ3) is 2.33. The molecular formula is C16H14O6. The van der Waals surface area contributed by atoms with Crippen LogP contribution in [0.1, 0.15) is 21.5 Å². The number of fused-ring (bicyclic) bond motifs is 2. The van der Waals surface area contributed by atoms with Gasteiger partial charge < -0.3 is 24.4 Å². The van der Waals surface area contributed by atoms with Gasteiger partial charge in [-0.15, -0.1) is 0 Å². The van der Waals surface area contributed by atoms with Gasteiger partial charge in [0.15, 0.2) is 11.5 Å². The predicted octanol–water partition coefficient (Wildman–Crippen LogP) is 2.36. The van der Waals surface area contributed by atoms with Crippen LogP contribution in [0.2, 0.25) is 0 Å². The number of benzene rings is 2. The van der Waals surface area contributed by atoms with Crippen LogP contribution < -0.4 is 9.47 Å². The molecule has 114 valence electrons. The predicted molar refractivity (Wildman–Crippen MR) is 76.2 cm³/mol. The third-order valence-corrected chi connectivity index (χ3v) is 3.37. The number of aliphatic hydroxyl groups excluding tert-OH is 1. The first-order valence-electron chi connectivity index (χ1n) is 6.61. The average molecular weight is 302 g/mol. The van der Waals surface area contributed by atoms with E-state index in [2.05, 4.69) is 0 Å². The van der Waals surface area contributed by atoms with Crippen molar-refractivity contribution in [1.29, 1.82) is 0 Å². The Labute approximate surface area is 126 Å². The molecule has 6 heteroatoms. The lowest BCUT2D eigenvalue weighted by molar-refractivity contribution is 0.0454. The van der Waals surface area contributed by atoms with Crippen molar-refractivity contribution in [3.05, 3.63) is 47.0 Å². The van der Waals surface area contributed by atoms with Crippen LogP contribution in [0.4, 0.5) is 0 Å². The zero-order valence-electron chi connectivity index (χ0n) is 11.8. The third-order valence-electron chi connectivity index (χ3n) is 3.37. The Morgan fingerprint density at radius 1 is 1.32 bits per heavy atom. The fraction of sp³-hybridized carbons (Fsp3) is 0.188. The Morgan fingerprint density at radius 2 is 2.14 bits per heavy atom. The molecule has 0 saturated heterocycles. The second-order valence-electron chi connectivity index (χ2n) is 4.77. The molecule has 0 radical (unpaired) electrons. The highest BCUT2D eigenvalue weighted by Crippen LogP contribution is 2.41. The lowest BCUT2D eigenvalue weighted by Crippen LogP contribution is -2.12. The van der Waals surface area contributed by atoms with Crippen molar-refractivity contribution in [3.8, 4) is 23.0 Å². The van der Waals surface area contributed by atoms with E-state index < -0.39 is 5.97 Å². The lowest BCUT2D eigenvalue weighted by atomic mass is 10.1. The molecule has 6 nitrogen and oxygen atoms in total. The maximum atomic E-state index is 12.2. The second kappa shape index (κ2) is 5.57. The molecule has 0 aromatic heterocycles. The maximum Gasteiger partial charge on any atom is 0.346 e. The van der Waals surface area contributed by atoms with Gasteiger partial charge in [0, 0.05) is 5.56 Å². The van der Waals surface area contributed by atoms with Crippen LogP contribution in [0.25, 0.3) is 0 Å². The summed E-state index contributed by atoms with van der Waals surface area (Å²) in [6.07, 6.45) is 0. The van der Waals surface area contributed by atoms with Gasteiger partial charge in [0.1, 0.15) is 23.7 Å². The number of phenolic OH excluding ortho intramolecular Hbond substituents is 1. The number of phenols is 1. The molecule has 0 aliphatic carbocycles. The van der Waals surface area contributed by atoms with Crippen LogP contribution in [0.5, 0.6) is 23.0 Å². The highest BCUT2D eigenvalue weighted by molar-refractivity contribution is 5.96. The van der Waals surface area contributed by atoms with Crippen molar-refractivity contribution >= 4 is 5.97 Å². The number of cyclic esters (lactones) is 1. The monoisotopic (exact) mass is 302 g/mol. The van der Waals surface area contributed by atoms with Gasteiger partial charge >= 0.3 is 5.97 Å². The van der Waals surface area contributed by atoms with Crippen LogP contribution in [-0.4, -0.2) is 23.3 Å². The number of rotatable bonds is 2. The number of aliphatic hydroxyl groups is 1. The van der Waals surface area contributed by atoms with Crippen molar-refractivity contribution in [3.63, 3.8) is 0 Å². The number of methoxy groups -OCH3 is 1. The van der Waals surface area contributed by atoms with Crippen LogP contribution in [-0.2, 0) is 18.0 Å². The van der Waals surface area contributed by atoms with E-state index >= 15 is 0 Å². The number of hydrogen-bond donors (Lipinski definition) is 2. The summed E-state index contributed by atoms with van der Waals surface area (Å²) in [5.41, 5.74) is 1.15. The number of aromatic hydroxyl groups is 1. The van der Waals surface area contributed by atoms with Gasteiger partial charge in [-0.2, -0.15) is 0 Å². The summed E-state index contributed by atoms with van der Waals surface area (Å²) in [7, 11) is 1.45. The fourth-order valence-electron chi connectivity index (χ4n) is 2.35. The molecule has 2 N–H and O–H groups in total. The molecule has 1 aliphatic heterocycles. The van der Waals surface area contributed by atoms with E-state index in [9.17, 15) is 15.0 Å². The molecule has 0 bridgehead atoms. The molecule has 0 spiro atoms. The van der Waals surface area contributed by atoms with E-state index in [0.29, 0.717) is 16.9 Å². The summed E-state index contributed by atoms with van der Waals surface area (Å²) in [5, 5.41) is 19.3. The summed E-state index contributed by atoms with van der Waals surface area (Å²) in [6.45, 7) is -0.313. The molecule has 1 aliphatic rings. The summed E-state index contributed by atoms with van der Waals surface area (Å²) >= 11 is 0. The Hall–Kier alpha value is -2.73. The first-order valence-corrected chi connectivity index (χ1v) is 6.61. The van der Waals surface area contributed by atoms with Crippen molar-refractivity contribution in [2.75, 3.05) is 7.11 Å². The van der Waals surface area contributed by atoms with E-state index in [1.165, 1.54) is 13.2 Å². The smallest absolute Gasteiger partial charge is 0.346 e. The average Bonchev–Trinajstić information content (AvgIpc) is 2.52. The molecule has 1 heterocycles. The van der Waals surface area contributed by atoms with Crippen LogP contribution in [0.3, 0.4) is 0 Å². The lowest BCUT2D eigenvalue weighted by Gasteiger charge is -2.20. The summed E-state index contributed by atoms with van der Waals surface area (Å²) < 4.78 is 16.1. The van der Waals surface area contributed by atoms with Crippen LogP contribution >= 0.6 is 0 Å². The number of carbonyl (C=O) groups excluding carboxylic acids is 1. The molecule has 0 fully saturated rings. The highest BCUT2D eigenvalue weighted by Gasteiger charge is 2.26. The zero-order chi connectivity index (χ0) is 15.7. The topological polar surface area (TPSA) is 85.2 Å². The molecule has 0 saturated carbocycles. The van der Waals surface area contributed by atoms with Crippen molar-refractivity contribution < 1.29 is 29.2 Å². The largest absolute Gasteiger partial charge is 0.504 e. The summed E-state index contributed by atoms with van der Waals surface area (Å²) in [4.78, 5) is 12.2. The molecule has 2 aromatic rings. The zero-order valence-corrected chi connectivity index (χ0v) is 11.8. The minimum absolute atomic E-state index is 0.0763. The molecule has 2 aromatic carbocycles. The fourth-order valence-corrected chi connectivity index (χ4v) is 2.35. The Morgan fingerprint density at radius 3 is 2.86 bits per heavy atom. The normalized spacial score (nSPS) is 13.1. The van der Waals surface area contributed by atoms with Crippen molar-refractivity contribution in [2.45, 2.75) is 13.2 Å². The molecular weight excluding hydrogens is 288 g/mol. The second-order valence-corrected chi connectivity index (χ2v) is 4.77. The Kier molecular flexibility index (Phi) is 3.60. The molecule has 0 amide bonds. The van der Waals surface area contributed by atoms with E-state index in [1.807, 2.05) is 0 Å². The number of hydrogen-bond acceptors (Lipinski definition) is 6. The number of carbonyl (C=O) groups is 1. The van der Waals surface area contributed by atoms with Gasteiger partial charge in [-0.1, -0.05) is 6.07 Å².